The Balaban J connectivity index is 1.86. The summed E-state index contributed by atoms with van der Waals surface area (Å²) in [6, 6.07) is 10.7. The number of fused-ring (bicyclic) bond motifs is 1. The summed E-state index contributed by atoms with van der Waals surface area (Å²) in [4.78, 5) is 4.17. The molecule has 1 aromatic heterocycles. The summed E-state index contributed by atoms with van der Waals surface area (Å²) in [7, 11) is 0. The van der Waals surface area contributed by atoms with E-state index in [0.29, 0.717) is 5.92 Å². The first-order valence-electron chi connectivity index (χ1n) is 7.52. The number of nitrogens with one attached hydrogen (secondary N) is 1. The Morgan fingerprint density at radius 1 is 1.29 bits per heavy atom. The van der Waals surface area contributed by atoms with Crippen LogP contribution in [0.5, 0.6) is 0 Å². The van der Waals surface area contributed by atoms with Crippen LogP contribution in [0.4, 0.5) is 5.69 Å². The number of hydrazine groups is 1. The van der Waals surface area contributed by atoms with Crippen molar-refractivity contribution in [3.8, 4) is 0 Å². The van der Waals surface area contributed by atoms with Crippen LogP contribution in [0, 0.1) is 0 Å². The van der Waals surface area contributed by atoms with Gasteiger partial charge in [0.05, 0.1) is 0 Å². The molecule has 5 N–H and O–H groups in total. The topological polar surface area (TPSA) is 77.0 Å². The summed E-state index contributed by atoms with van der Waals surface area (Å²) < 4.78 is 0. The Labute approximate surface area is 125 Å². The molecule has 0 bridgehead atoms. The van der Waals surface area contributed by atoms with Crippen LogP contribution in [-0.4, -0.2) is 11.0 Å². The van der Waals surface area contributed by atoms with Crippen molar-refractivity contribution in [2.75, 3.05) is 5.73 Å². The zero-order chi connectivity index (χ0) is 14.7. The van der Waals surface area contributed by atoms with Gasteiger partial charge in [-0.05, 0) is 48.4 Å². The molecule has 2 aromatic rings. The number of rotatable bonds is 4. The zero-order valence-electron chi connectivity index (χ0n) is 12.1. The molecule has 0 saturated carbocycles. The molecule has 2 atom stereocenters. The second-order valence-electron chi connectivity index (χ2n) is 5.75. The molecule has 1 aliphatic rings. The SMILES string of the molecule is NNC(Cc1cnccc1N)C1CCCc2ccccc21. The highest BCUT2D eigenvalue weighted by molar-refractivity contribution is 5.45. The molecular formula is C17H22N4. The lowest BCUT2D eigenvalue weighted by Gasteiger charge is -2.32. The summed E-state index contributed by atoms with van der Waals surface area (Å²) in [6.07, 6.45) is 7.90. The van der Waals surface area contributed by atoms with Crippen molar-refractivity contribution in [1.82, 2.24) is 10.4 Å². The van der Waals surface area contributed by atoms with Gasteiger partial charge in [0.15, 0.2) is 0 Å². The molecule has 0 amide bonds. The van der Waals surface area contributed by atoms with Crippen LogP contribution in [0.2, 0.25) is 0 Å². The lowest BCUT2D eigenvalue weighted by molar-refractivity contribution is 0.395. The number of anilines is 1. The van der Waals surface area contributed by atoms with Gasteiger partial charge >= 0.3 is 0 Å². The van der Waals surface area contributed by atoms with Crippen molar-refractivity contribution in [2.24, 2.45) is 5.84 Å². The maximum absolute atomic E-state index is 6.04. The number of hydrogen-bond donors (Lipinski definition) is 3. The summed E-state index contributed by atoms with van der Waals surface area (Å²) >= 11 is 0. The number of nitrogens with two attached hydrogens (primary N) is 2. The van der Waals surface area contributed by atoms with Gasteiger partial charge in [0.25, 0.3) is 0 Å². The van der Waals surface area contributed by atoms with Gasteiger partial charge < -0.3 is 5.73 Å². The Hall–Kier alpha value is -1.91. The fourth-order valence-corrected chi connectivity index (χ4v) is 3.37. The van der Waals surface area contributed by atoms with Crippen molar-refractivity contribution in [3.05, 3.63) is 59.4 Å². The highest BCUT2D eigenvalue weighted by Gasteiger charge is 2.27. The van der Waals surface area contributed by atoms with Crippen LogP contribution in [0.1, 0.15) is 35.4 Å². The molecule has 4 heteroatoms. The third kappa shape index (κ3) is 2.91. The number of nitrogens with zero attached hydrogens (tertiary/aromatic N) is 1. The molecule has 0 aliphatic heterocycles. The van der Waals surface area contributed by atoms with E-state index < -0.39 is 0 Å². The van der Waals surface area contributed by atoms with Gasteiger partial charge in [-0.25, -0.2) is 0 Å². The van der Waals surface area contributed by atoms with Crippen molar-refractivity contribution < 1.29 is 0 Å². The van der Waals surface area contributed by atoms with Gasteiger partial charge in [0, 0.05) is 30.0 Å². The van der Waals surface area contributed by atoms with E-state index in [9.17, 15) is 0 Å². The minimum absolute atomic E-state index is 0.179. The Morgan fingerprint density at radius 2 is 2.14 bits per heavy atom. The second-order valence-corrected chi connectivity index (χ2v) is 5.75. The average molecular weight is 282 g/mol. The molecule has 0 spiro atoms. The molecule has 1 aliphatic carbocycles. The molecule has 0 radical (unpaired) electrons. The van der Waals surface area contributed by atoms with E-state index >= 15 is 0 Å². The molecule has 0 fully saturated rings. The minimum Gasteiger partial charge on any atom is -0.398 e. The molecular weight excluding hydrogens is 260 g/mol. The summed E-state index contributed by atoms with van der Waals surface area (Å²) in [6.45, 7) is 0. The standard InChI is InChI=1S/C17H22N4/c18-16-8-9-20-11-13(16)10-17(21-19)15-7-3-5-12-4-1-2-6-14(12)15/h1-2,4,6,8-9,11,15,17,21H,3,5,7,10,19H2,(H2,18,20). The van der Waals surface area contributed by atoms with Crippen molar-refractivity contribution in [2.45, 2.75) is 37.6 Å². The Kier molecular flexibility index (Phi) is 4.18. The van der Waals surface area contributed by atoms with Crippen molar-refractivity contribution in [1.29, 1.82) is 0 Å². The second kappa shape index (κ2) is 6.24. The van der Waals surface area contributed by atoms with Gasteiger partial charge in [-0.1, -0.05) is 24.3 Å². The van der Waals surface area contributed by atoms with E-state index in [0.717, 1.165) is 24.1 Å². The maximum Gasteiger partial charge on any atom is 0.0378 e. The highest BCUT2D eigenvalue weighted by Crippen LogP contribution is 2.35. The average Bonchev–Trinajstić information content (AvgIpc) is 2.54. The minimum atomic E-state index is 0.179. The van der Waals surface area contributed by atoms with E-state index in [2.05, 4.69) is 34.7 Å². The molecule has 4 nitrogen and oxygen atoms in total. The van der Waals surface area contributed by atoms with Crippen LogP contribution in [-0.2, 0) is 12.8 Å². The zero-order valence-corrected chi connectivity index (χ0v) is 12.1. The van der Waals surface area contributed by atoms with Crippen molar-refractivity contribution in [3.63, 3.8) is 0 Å². The number of pyridine rings is 1. The lowest BCUT2D eigenvalue weighted by Crippen LogP contribution is -2.42. The smallest absolute Gasteiger partial charge is 0.0378 e. The molecule has 2 unspecified atom stereocenters. The largest absolute Gasteiger partial charge is 0.398 e. The van der Waals surface area contributed by atoms with Crippen LogP contribution in [0.3, 0.4) is 0 Å². The van der Waals surface area contributed by atoms with Gasteiger partial charge in [0.1, 0.15) is 0 Å². The first kappa shape index (κ1) is 14.0. The molecule has 21 heavy (non-hydrogen) atoms. The number of nitrogen functional groups attached to an aromatic ring is 1. The molecule has 1 aromatic carbocycles. The summed E-state index contributed by atoms with van der Waals surface area (Å²) in [5.74, 6) is 6.28. The third-order valence-corrected chi connectivity index (χ3v) is 4.50. The maximum atomic E-state index is 6.04. The van der Waals surface area contributed by atoms with E-state index in [4.69, 9.17) is 11.6 Å². The number of hydrogen-bond acceptors (Lipinski definition) is 4. The van der Waals surface area contributed by atoms with E-state index in [1.807, 2.05) is 12.3 Å². The van der Waals surface area contributed by atoms with Crippen LogP contribution >= 0.6 is 0 Å². The van der Waals surface area contributed by atoms with Gasteiger partial charge in [0.2, 0.25) is 0 Å². The van der Waals surface area contributed by atoms with E-state index in [1.165, 1.54) is 24.0 Å². The first-order chi connectivity index (χ1) is 10.3. The Bertz CT molecular complexity index is 611. The summed E-state index contributed by atoms with van der Waals surface area (Å²) in [5.41, 5.74) is 13.8. The molecule has 3 rings (SSSR count). The van der Waals surface area contributed by atoms with E-state index in [1.54, 1.807) is 6.20 Å². The van der Waals surface area contributed by atoms with Gasteiger partial charge in [-0.15, -0.1) is 0 Å². The highest BCUT2D eigenvalue weighted by atomic mass is 15.2. The fraction of sp³-hybridized carbons (Fsp3) is 0.353. The predicted octanol–water partition coefficient (Wildman–Crippen LogP) is 2.16. The first-order valence-corrected chi connectivity index (χ1v) is 7.52. The number of aryl methyl sites for hydroxylation is 1. The van der Waals surface area contributed by atoms with Crippen molar-refractivity contribution >= 4 is 5.69 Å². The van der Waals surface area contributed by atoms with Crippen LogP contribution in [0.15, 0.2) is 42.7 Å². The molecule has 1 heterocycles. The fourth-order valence-electron chi connectivity index (χ4n) is 3.37. The number of benzene rings is 1. The summed E-state index contributed by atoms with van der Waals surface area (Å²) in [5, 5.41) is 0. The van der Waals surface area contributed by atoms with Crippen LogP contribution < -0.4 is 17.0 Å². The van der Waals surface area contributed by atoms with Gasteiger partial charge in [-0.3, -0.25) is 16.3 Å². The quantitative estimate of drug-likeness (QED) is 0.593. The number of aromatic nitrogens is 1. The third-order valence-electron chi connectivity index (χ3n) is 4.50. The van der Waals surface area contributed by atoms with Crippen LogP contribution in [0.25, 0.3) is 0 Å². The lowest BCUT2D eigenvalue weighted by atomic mass is 9.77. The molecule has 0 saturated heterocycles. The Morgan fingerprint density at radius 3 is 2.95 bits per heavy atom. The molecule has 110 valence electrons. The normalized spacial score (nSPS) is 19.0. The van der Waals surface area contributed by atoms with Gasteiger partial charge in [-0.2, -0.15) is 0 Å². The predicted molar refractivity (Wildman–Crippen MR) is 85.6 cm³/mol. The van der Waals surface area contributed by atoms with E-state index in [-0.39, 0.29) is 6.04 Å². The monoisotopic (exact) mass is 282 g/mol.